The number of nitrogens with two attached hydrogens (primary N) is 1. The zero-order chi connectivity index (χ0) is 12.5. The summed E-state index contributed by atoms with van der Waals surface area (Å²) in [4.78, 5) is 3.35. The van der Waals surface area contributed by atoms with Gasteiger partial charge in [-0.2, -0.15) is 0 Å². The fraction of sp³-hybridized carbons (Fsp3) is 0.143. The molecule has 0 saturated heterocycles. The zero-order valence-corrected chi connectivity index (χ0v) is 9.90. The summed E-state index contributed by atoms with van der Waals surface area (Å²) in [5, 5.41) is 14.3. The number of hydrogen-bond acceptors (Lipinski definition) is 3. The second-order valence-corrected chi connectivity index (χ2v) is 4.34. The Morgan fingerprint density at radius 2 is 1.78 bits per heavy atom. The van der Waals surface area contributed by atoms with Crippen molar-refractivity contribution in [1.29, 1.82) is 0 Å². The molecule has 4 nitrogen and oxygen atoms in total. The minimum Gasteiger partial charge on any atom is -0.399 e. The number of aliphatic hydroxyl groups excluding tert-OH is 1. The second-order valence-electron chi connectivity index (χ2n) is 4.34. The maximum Gasteiger partial charge on any atom is 0.0604 e. The predicted octanol–water partition coefficient (Wildman–Crippen LogP) is 2.31. The van der Waals surface area contributed by atoms with Crippen molar-refractivity contribution in [2.75, 3.05) is 24.2 Å². The number of aliphatic hydroxyl groups is 1. The van der Waals surface area contributed by atoms with Gasteiger partial charge in [0.2, 0.25) is 0 Å². The number of rotatable bonds is 3. The van der Waals surface area contributed by atoms with Crippen molar-refractivity contribution in [3.63, 3.8) is 0 Å². The van der Waals surface area contributed by atoms with Crippen molar-refractivity contribution in [3.05, 3.63) is 36.4 Å². The summed E-state index contributed by atoms with van der Waals surface area (Å²) < 4.78 is 0. The molecule has 1 aromatic heterocycles. The molecule has 18 heavy (non-hydrogen) atoms. The highest BCUT2D eigenvalue weighted by Crippen LogP contribution is 2.28. The number of hydrogen-bond donors (Lipinski definition) is 4. The lowest BCUT2D eigenvalue weighted by Gasteiger charge is -2.03. The lowest BCUT2D eigenvalue weighted by Crippen LogP contribution is -2.04. The third-order valence-corrected chi connectivity index (χ3v) is 3.06. The maximum atomic E-state index is 8.80. The van der Waals surface area contributed by atoms with Gasteiger partial charge in [0, 0.05) is 39.7 Å². The Morgan fingerprint density at radius 1 is 1.06 bits per heavy atom. The van der Waals surface area contributed by atoms with Gasteiger partial charge < -0.3 is 21.1 Å². The molecule has 5 N–H and O–H groups in total. The lowest BCUT2D eigenvalue weighted by molar-refractivity contribution is 0.311. The van der Waals surface area contributed by atoms with E-state index in [0.717, 1.165) is 22.4 Å². The van der Waals surface area contributed by atoms with E-state index in [1.807, 2.05) is 30.3 Å². The summed E-state index contributed by atoms with van der Waals surface area (Å²) >= 11 is 0. The second kappa shape index (κ2) is 4.23. The molecule has 4 heteroatoms. The van der Waals surface area contributed by atoms with E-state index in [2.05, 4.69) is 16.4 Å². The van der Waals surface area contributed by atoms with Gasteiger partial charge >= 0.3 is 0 Å². The molecule has 0 amide bonds. The SMILES string of the molecule is Nc1ccc2c(c1)[nH]c1cc(NCCO)ccc12. The first-order chi connectivity index (χ1) is 8.78. The van der Waals surface area contributed by atoms with Gasteiger partial charge in [0.1, 0.15) is 0 Å². The zero-order valence-electron chi connectivity index (χ0n) is 9.90. The standard InChI is InChI=1S/C14H15N3O/c15-9-1-3-11-12-4-2-10(16-5-6-18)8-14(12)17-13(11)7-9/h1-4,7-8,16-18H,5-6,15H2. The molecule has 0 radical (unpaired) electrons. The first kappa shape index (κ1) is 10.9. The number of H-pyrrole nitrogens is 1. The number of aromatic nitrogens is 1. The third kappa shape index (κ3) is 1.76. The fourth-order valence-corrected chi connectivity index (χ4v) is 2.24. The van der Waals surface area contributed by atoms with Crippen LogP contribution in [0.5, 0.6) is 0 Å². The van der Waals surface area contributed by atoms with Crippen molar-refractivity contribution in [3.8, 4) is 0 Å². The Morgan fingerprint density at radius 3 is 2.56 bits per heavy atom. The van der Waals surface area contributed by atoms with Crippen molar-refractivity contribution >= 4 is 33.2 Å². The molecule has 0 bridgehead atoms. The fourth-order valence-electron chi connectivity index (χ4n) is 2.24. The molecule has 0 aliphatic rings. The summed E-state index contributed by atoms with van der Waals surface area (Å²) in [6, 6.07) is 12.0. The third-order valence-electron chi connectivity index (χ3n) is 3.06. The highest BCUT2D eigenvalue weighted by atomic mass is 16.3. The molecule has 0 spiro atoms. The number of nitrogens with one attached hydrogen (secondary N) is 2. The van der Waals surface area contributed by atoms with E-state index in [-0.39, 0.29) is 6.61 Å². The molecule has 3 aromatic rings. The molecule has 92 valence electrons. The van der Waals surface area contributed by atoms with Gasteiger partial charge in [-0.05, 0) is 24.3 Å². The highest BCUT2D eigenvalue weighted by Gasteiger charge is 2.04. The molecule has 1 heterocycles. The van der Waals surface area contributed by atoms with Crippen LogP contribution in [0.25, 0.3) is 21.8 Å². The van der Waals surface area contributed by atoms with Crippen LogP contribution >= 0.6 is 0 Å². The quantitative estimate of drug-likeness (QED) is 0.532. The summed E-state index contributed by atoms with van der Waals surface area (Å²) in [6.45, 7) is 0.681. The molecule has 0 aliphatic heterocycles. The molecule has 0 atom stereocenters. The average molecular weight is 241 g/mol. The van der Waals surface area contributed by atoms with E-state index in [9.17, 15) is 0 Å². The van der Waals surface area contributed by atoms with Crippen LogP contribution in [0.4, 0.5) is 11.4 Å². The normalized spacial score (nSPS) is 11.2. The van der Waals surface area contributed by atoms with Crippen LogP contribution in [-0.2, 0) is 0 Å². The van der Waals surface area contributed by atoms with E-state index in [1.54, 1.807) is 0 Å². The first-order valence-electron chi connectivity index (χ1n) is 5.93. The Labute approximate surface area is 104 Å². The van der Waals surface area contributed by atoms with Gasteiger partial charge in [0.25, 0.3) is 0 Å². The Balaban J connectivity index is 2.14. The van der Waals surface area contributed by atoms with Gasteiger partial charge in [0.05, 0.1) is 6.61 Å². The van der Waals surface area contributed by atoms with Crippen LogP contribution < -0.4 is 11.1 Å². The monoisotopic (exact) mass is 241 g/mol. The number of nitrogen functional groups attached to an aromatic ring is 1. The molecule has 0 unspecified atom stereocenters. The maximum absolute atomic E-state index is 8.80. The minimum atomic E-state index is 0.126. The molecule has 0 fully saturated rings. The predicted molar refractivity (Wildman–Crippen MR) is 75.8 cm³/mol. The molecular formula is C14H15N3O. The molecular weight excluding hydrogens is 226 g/mol. The van der Waals surface area contributed by atoms with Crippen molar-refractivity contribution < 1.29 is 5.11 Å². The Bertz CT molecular complexity index is 703. The molecule has 0 aliphatic carbocycles. The summed E-state index contributed by atoms with van der Waals surface area (Å²) in [6.07, 6.45) is 0. The van der Waals surface area contributed by atoms with Crippen LogP contribution in [0.2, 0.25) is 0 Å². The van der Waals surface area contributed by atoms with Gasteiger partial charge in [-0.1, -0.05) is 12.1 Å². The summed E-state index contributed by atoms with van der Waals surface area (Å²) in [7, 11) is 0. The topological polar surface area (TPSA) is 74.1 Å². The van der Waals surface area contributed by atoms with E-state index < -0.39 is 0 Å². The summed E-state index contributed by atoms with van der Waals surface area (Å²) in [5.74, 6) is 0. The van der Waals surface area contributed by atoms with Crippen LogP contribution in [0, 0.1) is 0 Å². The van der Waals surface area contributed by atoms with Crippen molar-refractivity contribution in [2.45, 2.75) is 0 Å². The Kier molecular flexibility index (Phi) is 2.57. The van der Waals surface area contributed by atoms with Gasteiger partial charge in [0.15, 0.2) is 0 Å². The van der Waals surface area contributed by atoms with Gasteiger partial charge in [-0.15, -0.1) is 0 Å². The average Bonchev–Trinajstić information content (AvgIpc) is 2.72. The number of benzene rings is 2. The van der Waals surface area contributed by atoms with E-state index in [0.29, 0.717) is 6.54 Å². The van der Waals surface area contributed by atoms with E-state index >= 15 is 0 Å². The van der Waals surface area contributed by atoms with Gasteiger partial charge in [-0.3, -0.25) is 0 Å². The molecule has 0 saturated carbocycles. The molecule has 3 rings (SSSR count). The number of anilines is 2. The smallest absolute Gasteiger partial charge is 0.0604 e. The van der Waals surface area contributed by atoms with Crippen LogP contribution in [0.1, 0.15) is 0 Å². The van der Waals surface area contributed by atoms with Crippen LogP contribution in [0.15, 0.2) is 36.4 Å². The number of fused-ring (bicyclic) bond motifs is 3. The van der Waals surface area contributed by atoms with Gasteiger partial charge in [-0.25, -0.2) is 0 Å². The van der Waals surface area contributed by atoms with Crippen molar-refractivity contribution in [1.82, 2.24) is 4.98 Å². The van der Waals surface area contributed by atoms with Crippen molar-refractivity contribution in [2.24, 2.45) is 0 Å². The van der Waals surface area contributed by atoms with E-state index in [4.69, 9.17) is 10.8 Å². The van der Waals surface area contributed by atoms with Crippen LogP contribution in [-0.4, -0.2) is 23.2 Å². The molecule has 2 aromatic carbocycles. The minimum absolute atomic E-state index is 0.126. The highest BCUT2D eigenvalue weighted by molar-refractivity contribution is 6.08. The number of aromatic amines is 1. The lowest BCUT2D eigenvalue weighted by atomic mass is 10.1. The first-order valence-corrected chi connectivity index (χ1v) is 5.93. The summed E-state index contributed by atoms with van der Waals surface area (Å²) in [5.41, 5.74) is 9.65. The Hall–Kier alpha value is -2.20. The largest absolute Gasteiger partial charge is 0.399 e. The van der Waals surface area contributed by atoms with Crippen LogP contribution in [0.3, 0.4) is 0 Å². The van der Waals surface area contributed by atoms with E-state index in [1.165, 1.54) is 10.8 Å².